The van der Waals surface area contributed by atoms with Gasteiger partial charge in [0.2, 0.25) is 17.6 Å². The Kier molecular flexibility index (Phi) is 5.07. The molecule has 2 amide bonds. The van der Waals surface area contributed by atoms with Crippen molar-refractivity contribution in [1.29, 1.82) is 0 Å². The molecule has 0 radical (unpaired) electrons. The molecular formula is C20H20N8O3. The monoisotopic (exact) mass is 420 g/mol. The van der Waals surface area contributed by atoms with Crippen molar-refractivity contribution in [3.8, 4) is 11.4 Å². The molecule has 0 saturated heterocycles. The number of primary amides is 1. The smallest absolute Gasteiger partial charge is 0.275 e. The quantitative estimate of drug-likeness (QED) is 0.465. The third-order valence-electron chi connectivity index (χ3n) is 4.64. The van der Waals surface area contributed by atoms with E-state index >= 15 is 0 Å². The number of anilines is 1. The van der Waals surface area contributed by atoms with E-state index < -0.39 is 5.91 Å². The lowest BCUT2D eigenvalue weighted by Crippen LogP contribution is -2.25. The summed E-state index contributed by atoms with van der Waals surface area (Å²) in [5.74, 6) is -0.336. The van der Waals surface area contributed by atoms with Gasteiger partial charge in [0.25, 0.3) is 5.56 Å². The number of hydrogen-bond donors (Lipinski definition) is 2. The Balaban J connectivity index is 1.66. The van der Waals surface area contributed by atoms with Crippen LogP contribution in [0.25, 0.3) is 17.2 Å². The summed E-state index contributed by atoms with van der Waals surface area (Å²) in [5, 5.41) is 11.1. The average molecular weight is 420 g/mol. The maximum Gasteiger partial charge on any atom is 0.275 e. The summed E-state index contributed by atoms with van der Waals surface area (Å²) < 4.78 is 4.10. The van der Waals surface area contributed by atoms with E-state index in [0.717, 1.165) is 10.1 Å². The van der Waals surface area contributed by atoms with E-state index in [4.69, 9.17) is 5.73 Å². The first-order valence-electron chi connectivity index (χ1n) is 9.45. The van der Waals surface area contributed by atoms with E-state index in [2.05, 4.69) is 20.5 Å². The fraction of sp³-hybridized carbons (Fsp3) is 0.200. The Bertz CT molecular complexity index is 1350. The van der Waals surface area contributed by atoms with Gasteiger partial charge in [0, 0.05) is 23.6 Å². The zero-order valence-corrected chi connectivity index (χ0v) is 16.9. The van der Waals surface area contributed by atoms with Crippen LogP contribution >= 0.6 is 0 Å². The molecule has 11 heteroatoms. The number of hydrogen-bond acceptors (Lipinski definition) is 6. The molecule has 3 aromatic heterocycles. The van der Waals surface area contributed by atoms with Gasteiger partial charge in [-0.3, -0.25) is 19.1 Å². The molecule has 0 aliphatic rings. The minimum absolute atomic E-state index is 0.0530. The van der Waals surface area contributed by atoms with Crippen LogP contribution in [-0.2, 0) is 22.7 Å². The molecule has 3 heterocycles. The van der Waals surface area contributed by atoms with Crippen molar-refractivity contribution < 1.29 is 9.59 Å². The number of carbonyl (C=O) groups excluding carboxylic acids is 2. The number of carbonyl (C=O) groups is 2. The highest BCUT2D eigenvalue weighted by molar-refractivity contribution is 5.90. The van der Waals surface area contributed by atoms with Gasteiger partial charge in [0.1, 0.15) is 13.1 Å². The molecule has 0 unspecified atom stereocenters. The zero-order valence-electron chi connectivity index (χ0n) is 16.9. The molecule has 0 bridgehead atoms. The number of nitrogens with zero attached hydrogens (tertiary/aromatic N) is 6. The summed E-state index contributed by atoms with van der Waals surface area (Å²) in [7, 11) is 0. The van der Waals surface area contributed by atoms with Gasteiger partial charge >= 0.3 is 0 Å². The van der Waals surface area contributed by atoms with Crippen molar-refractivity contribution in [2.24, 2.45) is 5.73 Å². The number of nitrogens with one attached hydrogen (secondary N) is 1. The van der Waals surface area contributed by atoms with E-state index in [1.165, 1.54) is 16.9 Å². The lowest BCUT2D eigenvalue weighted by molar-refractivity contribution is -0.119. The molecule has 31 heavy (non-hydrogen) atoms. The minimum atomic E-state index is -0.535. The molecule has 0 aliphatic carbocycles. The molecular weight excluding hydrogens is 400 g/mol. The van der Waals surface area contributed by atoms with Gasteiger partial charge in [-0.25, -0.2) is 0 Å². The summed E-state index contributed by atoms with van der Waals surface area (Å²) in [6, 6.07) is 8.84. The van der Waals surface area contributed by atoms with Gasteiger partial charge in [0.15, 0.2) is 5.82 Å². The van der Waals surface area contributed by atoms with E-state index in [-0.39, 0.29) is 36.2 Å². The third kappa shape index (κ3) is 4.20. The second-order valence-corrected chi connectivity index (χ2v) is 7.16. The molecule has 158 valence electrons. The minimum Gasteiger partial charge on any atom is -0.368 e. The summed E-state index contributed by atoms with van der Waals surface area (Å²) in [6.07, 6.45) is 3.04. The number of amides is 2. The van der Waals surface area contributed by atoms with Crippen LogP contribution in [-0.4, -0.2) is 40.8 Å². The van der Waals surface area contributed by atoms with Crippen LogP contribution in [0.1, 0.15) is 11.3 Å². The molecule has 0 aliphatic heterocycles. The Hall–Kier alpha value is -4.28. The topological polar surface area (TPSA) is 142 Å². The number of rotatable bonds is 6. The maximum atomic E-state index is 12.6. The first kappa shape index (κ1) is 20.0. The summed E-state index contributed by atoms with van der Waals surface area (Å²) >= 11 is 0. The van der Waals surface area contributed by atoms with Crippen LogP contribution in [0.2, 0.25) is 0 Å². The van der Waals surface area contributed by atoms with Crippen LogP contribution < -0.4 is 16.6 Å². The van der Waals surface area contributed by atoms with Crippen molar-refractivity contribution in [1.82, 2.24) is 28.9 Å². The van der Waals surface area contributed by atoms with E-state index in [0.29, 0.717) is 16.9 Å². The average Bonchev–Trinajstić information content (AvgIpc) is 3.34. The molecule has 1 aromatic carbocycles. The summed E-state index contributed by atoms with van der Waals surface area (Å²) in [4.78, 5) is 40.5. The second-order valence-electron chi connectivity index (χ2n) is 7.16. The molecule has 4 rings (SSSR count). The molecule has 0 spiro atoms. The van der Waals surface area contributed by atoms with Crippen LogP contribution in [0, 0.1) is 13.8 Å². The first-order chi connectivity index (χ1) is 14.8. The van der Waals surface area contributed by atoms with Crippen molar-refractivity contribution >= 4 is 23.3 Å². The SMILES string of the molecule is Cc1ccc(NC(=O)Cn2c(C)cc(=O)n3nc(-c4cnn(CC(N)=O)c4)nc23)cc1. The van der Waals surface area contributed by atoms with Crippen LogP contribution in [0.3, 0.4) is 0 Å². The van der Waals surface area contributed by atoms with E-state index in [1.807, 2.05) is 31.2 Å². The van der Waals surface area contributed by atoms with Crippen LogP contribution in [0.15, 0.2) is 47.5 Å². The van der Waals surface area contributed by atoms with Crippen molar-refractivity contribution in [3.05, 3.63) is 64.3 Å². The highest BCUT2D eigenvalue weighted by Crippen LogP contribution is 2.16. The molecule has 3 N–H and O–H groups in total. The molecule has 4 aromatic rings. The standard InChI is InChI=1S/C20H20N8O3/c1-12-3-5-15(6-4-12)23-17(30)11-27-13(2)7-18(31)28-20(27)24-19(25-28)14-8-22-26(9-14)10-16(21)29/h3-9H,10-11H2,1-2H3,(H2,21,29)(H,23,30). The van der Waals surface area contributed by atoms with Gasteiger partial charge < -0.3 is 15.6 Å². The highest BCUT2D eigenvalue weighted by Gasteiger charge is 2.17. The molecule has 0 atom stereocenters. The van der Waals surface area contributed by atoms with E-state index in [9.17, 15) is 14.4 Å². The van der Waals surface area contributed by atoms with Crippen LogP contribution in [0.5, 0.6) is 0 Å². The third-order valence-corrected chi connectivity index (χ3v) is 4.64. The number of benzene rings is 1. The molecule has 0 saturated carbocycles. The first-order valence-corrected chi connectivity index (χ1v) is 9.45. The second kappa shape index (κ2) is 7.86. The van der Waals surface area contributed by atoms with Gasteiger partial charge in [-0.05, 0) is 26.0 Å². The van der Waals surface area contributed by atoms with Gasteiger partial charge in [0.05, 0.1) is 11.8 Å². The Morgan fingerprint density at radius 2 is 1.87 bits per heavy atom. The molecule has 11 nitrogen and oxygen atoms in total. The van der Waals surface area contributed by atoms with Crippen molar-refractivity contribution in [3.63, 3.8) is 0 Å². The van der Waals surface area contributed by atoms with Gasteiger partial charge in [-0.1, -0.05) is 17.7 Å². The lowest BCUT2D eigenvalue weighted by Gasteiger charge is -2.11. The predicted molar refractivity (Wildman–Crippen MR) is 112 cm³/mol. The Morgan fingerprint density at radius 1 is 1.13 bits per heavy atom. The lowest BCUT2D eigenvalue weighted by atomic mass is 10.2. The number of aryl methyl sites for hydroxylation is 2. The summed E-state index contributed by atoms with van der Waals surface area (Å²) in [5.41, 5.74) is 7.66. The Labute approximate surface area is 176 Å². The largest absolute Gasteiger partial charge is 0.368 e. The zero-order chi connectivity index (χ0) is 22.1. The van der Waals surface area contributed by atoms with Crippen molar-refractivity contribution in [2.45, 2.75) is 26.9 Å². The van der Waals surface area contributed by atoms with E-state index in [1.54, 1.807) is 17.7 Å². The fourth-order valence-corrected chi connectivity index (χ4v) is 3.13. The Morgan fingerprint density at radius 3 is 2.58 bits per heavy atom. The maximum absolute atomic E-state index is 12.6. The number of aromatic nitrogens is 6. The fourth-order valence-electron chi connectivity index (χ4n) is 3.13. The highest BCUT2D eigenvalue weighted by atomic mass is 16.2. The van der Waals surface area contributed by atoms with Crippen molar-refractivity contribution in [2.75, 3.05) is 5.32 Å². The normalized spacial score (nSPS) is 11.0. The van der Waals surface area contributed by atoms with Crippen LogP contribution in [0.4, 0.5) is 5.69 Å². The number of nitrogens with two attached hydrogens (primary N) is 1. The number of fused-ring (bicyclic) bond motifs is 1. The summed E-state index contributed by atoms with van der Waals surface area (Å²) in [6.45, 7) is 3.55. The van der Waals surface area contributed by atoms with Gasteiger partial charge in [-0.2, -0.15) is 14.6 Å². The predicted octanol–water partition coefficient (Wildman–Crippen LogP) is 0.495. The molecule has 0 fully saturated rings. The van der Waals surface area contributed by atoms with Gasteiger partial charge in [-0.15, -0.1) is 5.10 Å².